The molecule has 0 radical (unpaired) electrons. The monoisotopic (exact) mass is 267 g/mol. The first-order valence-corrected chi connectivity index (χ1v) is 6.87. The summed E-state index contributed by atoms with van der Waals surface area (Å²) >= 11 is 0. The number of fused-ring (bicyclic) bond motifs is 1. The van der Waals surface area contributed by atoms with Crippen LogP contribution < -0.4 is 5.32 Å². The molecule has 1 amide bonds. The topological polar surface area (TPSA) is 49.3 Å². The Morgan fingerprint density at radius 3 is 2.70 bits per heavy atom. The molecule has 0 bridgehead atoms. The first-order valence-electron chi connectivity index (χ1n) is 6.87. The second kappa shape index (κ2) is 5.37. The van der Waals surface area contributed by atoms with E-state index in [1.54, 1.807) is 24.3 Å². The van der Waals surface area contributed by atoms with Crippen LogP contribution in [0.4, 0.5) is 0 Å². The quantitative estimate of drug-likeness (QED) is 0.898. The average molecular weight is 267 g/mol. The third-order valence-electron chi connectivity index (χ3n) is 3.77. The van der Waals surface area contributed by atoms with E-state index in [-0.39, 0.29) is 17.7 Å². The molecule has 0 heterocycles. The lowest BCUT2D eigenvalue weighted by Crippen LogP contribution is -2.28. The highest BCUT2D eigenvalue weighted by atomic mass is 16.3. The Balaban J connectivity index is 1.64. The summed E-state index contributed by atoms with van der Waals surface area (Å²) in [5.41, 5.74) is 3.49. The van der Waals surface area contributed by atoms with Gasteiger partial charge >= 0.3 is 0 Å². The fourth-order valence-corrected chi connectivity index (χ4v) is 2.75. The molecule has 1 atom stereocenters. The van der Waals surface area contributed by atoms with E-state index < -0.39 is 0 Å². The number of aryl methyl sites for hydroxylation is 1. The zero-order chi connectivity index (χ0) is 13.9. The molecule has 2 N–H and O–H groups in total. The molecule has 0 saturated carbocycles. The number of rotatable bonds is 3. The van der Waals surface area contributed by atoms with Gasteiger partial charge in [-0.15, -0.1) is 0 Å². The predicted molar refractivity (Wildman–Crippen MR) is 77.5 cm³/mol. The van der Waals surface area contributed by atoms with Crippen LogP contribution in [-0.2, 0) is 17.6 Å². The van der Waals surface area contributed by atoms with Gasteiger partial charge in [0, 0.05) is 0 Å². The molecular formula is C17H17NO2. The Bertz CT molecular complexity index is 619. The maximum atomic E-state index is 12.1. The predicted octanol–water partition coefficient (Wildman–Crippen LogP) is 2.74. The molecule has 1 aliphatic carbocycles. The van der Waals surface area contributed by atoms with Gasteiger partial charge in [0.25, 0.3) is 0 Å². The number of benzene rings is 2. The van der Waals surface area contributed by atoms with Gasteiger partial charge in [0.15, 0.2) is 0 Å². The standard InChI is InChI=1S/C17H17NO2/c19-14-8-5-12(6-9-14)11-17(20)18-16-10-7-13-3-1-2-4-15(13)16/h1-6,8-9,16,19H,7,10-11H2,(H,18,20). The van der Waals surface area contributed by atoms with Crippen LogP contribution in [0.5, 0.6) is 5.75 Å². The fraction of sp³-hybridized carbons (Fsp3) is 0.235. The molecule has 0 spiro atoms. The van der Waals surface area contributed by atoms with Crippen LogP contribution in [-0.4, -0.2) is 11.0 Å². The van der Waals surface area contributed by atoms with Gasteiger partial charge in [-0.3, -0.25) is 4.79 Å². The fourth-order valence-electron chi connectivity index (χ4n) is 2.75. The van der Waals surface area contributed by atoms with E-state index in [1.807, 2.05) is 12.1 Å². The third kappa shape index (κ3) is 2.67. The number of hydrogen-bond donors (Lipinski definition) is 2. The number of aromatic hydroxyl groups is 1. The molecule has 3 rings (SSSR count). The lowest BCUT2D eigenvalue weighted by atomic mass is 10.1. The van der Waals surface area contributed by atoms with Crippen molar-refractivity contribution in [3.05, 3.63) is 65.2 Å². The van der Waals surface area contributed by atoms with Gasteiger partial charge in [0.1, 0.15) is 5.75 Å². The van der Waals surface area contributed by atoms with Crippen molar-refractivity contribution in [1.29, 1.82) is 0 Å². The molecule has 0 aliphatic heterocycles. The molecule has 0 aromatic heterocycles. The first kappa shape index (κ1) is 12.7. The zero-order valence-electron chi connectivity index (χ0n) is 11.2. The SMILES string of the molecule is O=C(Cc1ccc(O)cc1)NC1CCc2ccccc21. The Hall–Kier alpha value is -2.29. The Labute approximate surface area is 118 Å². The van der Waals surface area contributed by atoms with Crippen molar-refractivity contribution in [1.82, 2.24) is 5.32 Å². The summed E-state index contributed by atoms with van der Waals surface area (Å²) in [4.78, 5) is 12.1. The van der Waals surface area contributed by atoms with Crippen LogP contribution in [0.2, 0.25) is 0 Å². The molecule has 2 aromatic carbocycles. The van der Waals surface area contributed by atoms with E-state index in [0.29, 0.717) is 6.42 Å². The molecule has 3 heteroatoms. The van der Waals surface area contributed by atoms with Gasteiger partial charge in [-0.25, -0.2) is 0 Å². The van der Waals surface area contributed by atoms with Crippen LogP contribution in [0.15, 0.2) is 48.5 Å². The highest BCUT2D eigenvalue weighted by Gasteiger charge is 2.23. The smallest absolute Gasteiger partial charge is 0.224 e. The average Bonchev–Trinajstić information content (AvgIpc) is 2.85. The summed E-state index contributed by atoms with van der Waals surface area (Å²) in [6, 6.07) is 15.2. The summed E-state index contributed by atoms with van der Waals surface area (Å²) in [7, 11) is 0. The van der Waals surface area contributed by atoms with Crippen LogP contribution in [0.1, 0.15) is 29.2 Å². The Morgan fingerprint density at radius 2 is 1.90 bits per heavy atom. The summed E-state index contributed by atoms with van der Waals surface area (Å²) < 4.78 is 0. The highest BCUT2D eigenvalue weighted by molar-refractivity contribution is 5.79. The first-order chi connectivity index (χ1) is 9.72. The lowest BCUT2D eigenvalue weighted by Gasteiger charge is -2.14. The maximum Gasteiger partial charge on any atom is 0.224 e. The van der Waals surface area contributed by atoms with Crippen molar-refractivity contribution in [2.24, 2.45) is 0 Å². The molecule has 1 unspecified atom stereocenters. The molecule has 20 heavy (non-hydrogen) atoms. The molecule has 2 aromatic rings. The Kier molecular flexibility index (Phi) is 3.42. The highest BCUT2D eigenvalue weighted by Crippen LogP contribution is 2.30. The van der Waals surface area contributed by atoms with Crippen molar-refractivity contribution in [2.75, 3.05) is 0 Å². The maximum absolute atomic E-state index is 12.1. The summed E-state index contributed by atoms with van der Waals surface area (Å²) in [6.45, 7) is 0. The number of carbonyl (C=O) groups excluding carboxylic acids is 1. The Morgan fingerprint density at radius 1 is 1.15 bits per heavy atom. The number of phenolic OH excluding ortho intramolecular Hbond substituents is 1. The molecule has 1 aliphatic rings. The number of hydrogen-bond acceptors (Lipinski definition) is 2. The zero-order valence-corrected chi connectivity index (χ0v) is 11.2. The van der Waals surface area contributed by atoms with Gasteiger partial charge in [0.05, 0.1) is 12.5 Å². The van der Waals surface area contributed by atoms with Crippen LogP contribution in [0.3, 0.4) is 0 Å². The van der Waals surface area contributed by atoms with Crippen molar-refractivity contribution in [3.63, 3.8) is 0 Å². The minimum atomic E-state index is 0.0254. The molecule has 0 fully saturated rings. The third-order valence-corrected chi connectivity index (χ3v) is 3.77. The molecule has 3 nitrogen and oxygen atoms in total. The molecular weight excluding hydrogens is 250 g/mol. The molecule has 0 saturated heterocycles. The van der Waals surface area contributed by atoms with Gasteiger partial charge in [-0.05, 0) is 41.7 Å². The van der Waals surface area contributed by atoms with E-state index in [1.165, 1.54) is 11.1 Å². The van der Waals surface area contributed by atoms with Crippen molar-refractivity contribution in [2.45, 2.75) is 25.3 Å². The number of amides is 1. The summed E-state index contributed by atoms with van der Waals surface area (Å²) in [5.74, 6) is 0.247. The van der Waals surface area contributed by atoms with E-state index in [2.05, 4.69) is 17.4 Å². The summed E-state index contributed by atoms with van der Waals surface area (Å²) in [5, 5.41) is 12.3. The lowest BCUT2D eigenvalue weighted by molar-refractivity contribution is -0.121. The van der Waals surface area contributed by atoms with Crippen molar-refractivity contribution in [3.8, 4) is 5.75 Å². The van der Waals surface area contributed by atoms with Gasteiger partial charge in [-0.1, -0.05) is 36.4 Å². The summed E-state index contributed by atoms with van der Waals surface area (Å²) in [6.07, 6.45) is 2.35. The van der Waals surface area contributed by atoms with Crippen molar-refractivity contribution >= 4 is 5.91 Å². The van der Waals surface area contributed by atoms with Crippen LogP contribution in [0.25, 0.3) is 0 Å². The number of phenols is 1. The second-order valence-electron chi connectivity index (χ2n) is 5.20. The normalized spacial score (nSPS) is 16.7. The van der Waals surface area contributed by atoms with E-state index >= 15 is 0 Å². The van der Waals surface area contributed by atoms with Crippen LogP contribution in [0, 0.1) is 0 Å². The van der Waals surface area contributed by atoms with Crippen LogP contribution >= 0.6 is 0 Å². The van der Waals surface area contributed by atoms with Gasteiger partial charge in [-0.2, -0.15) is 0 Å². The van der Waals surface area contributed by atoms with Gasteiger partial charge < -0.3 is 10.4 Å². The minimum absolute atomic E-state index is 0.0254. The van der Waals surface area contributed by atoms with Gasteiger partial charge in [0.2, 0.25) is 5.91 Å². The minimum Gasteiger partial charge on any atom is -0.508 e. The number of carbonyl (C=O) groups is 1. The largest absolute Gasteiger partial charge is 0.508 e. The molecule has 102 valence electrons. The number of nitrogens with one attached hydrogen (secondary N) is 1. The van der Waals surface area contributed by atoms with Crippen molar-refractivity contribution < 1.29 is 9.90 Å². The van der Waals surface area contributed by atoms with E-state index in [4.69, 9.17) is 0 Å². The second-order valence-corrected chi connectivity index (χ2v) is 5.20. The van der Waals surface area contributed by atoms with E-state index in [9.17, 15) is 9.90 Å². The van der Waals surface area contributed by atoms with E-state index in [0.717, 1.165) is 18.4 Å².